The van der Waals surface area contributed by atoms with E-state index < -0.39 is 0 Å². The molecule has 1 aromatic rings. The van der Waals surface area contributed by atoms with Crippen molar-refractivity contribution in [2.24, 2.45) is 0 Å². The van der Waals surface area contributed by atoms with Crippen molar-refractivity contribution >= 4 is 17.5 Å². The van der Waals surface area contributed by atoms with E-state index >= 15 is 0 Å². The highest BCUT2D eigenvalue weighted by molar-refractivity contribution is 5.88. The van der Waals surface area contributed by atoms with Crippen LogP contribution in [0.4, 0.5) is 5.69 Å². The third kappa shape index (κ3) is 3.63. The summed E-state index contributed by atoms with van der Waals surface area (Å²) in [7, 11) is 1.73. The zero-order valence-electron chi connectivity index (χ0n) is 11.5. The van der Waals surface area contributed by atoms with Crippen molar-refractivity contribution in [2.45, 2.75) is 18.9 Å². The van der Waals surface area contributed by atoms with E-state index in [0.717, 1.165) is 0 Å². The van der Waals surface area contributed by atoms with Gasteiger partial charge in [-0.25, -0.2) is 0 Å². The summed E-state index contributed by atoms with van der Waals surface area (Å²) in [5, 5.41) is 2.72. The number of nitrogens with two attached hydrogens (primary N) is 1. The highest BCUT2D eigenvalue weighted by atomic mass is 16.5. The summed E-state index contributed by atoms with van der Waals surface area (Å²) in [5.74, 6) is 0.423. The number of likely N-dealkylation sites (tertiary alicyclic amines) is 1. The Bertz CT molecular complexity index is 504. The molecule has 108 valence electrons. The van der Waals surface area contributed by atoms with E-state index in [0.29, 0.717) is 24.4 Å². The molecule has 2 rings (SSSR count). The average Bonchev–Trinajstić information content (AvgIpc) is 2.71. The summed E-state index contributed by atoms with van der Waals surface area (Å²) >= 11 is 0. The van der Waals surface area contributed by atoms with E-state index in [9.17, 15) is 9.59 Å². The molecule has 2 amide bonds. The first-order valence-corrected chi connectivity index (χ1v) is 6.59. The highest BCUT2D eigenvalue weighted by Crippen LogP contribution is 2.14. The lowest BCUT2D eigenvalue weighted by Gasteiger charge is -2.12. The number of hydrogen-bond donors (Lipinski definition) is 2. The summed E-state index contributed by atoms with van der Waals surface area (Å²) in [6.07, 6.45) is 0.874. The van der Waals surface area contributed by atoms with Crippen molar-refractivity contribution in [1.29, 1.82) is 0 Å². The first-order valence-electron chi connectivity index (χ1n) is 6.59. The topological polar surface area (TPSA) is 84.7 Å². The third-order valence-corrected chi connectivity index (χ3v) is 3.22. The molecule has 1 fully saturated rings. The average molecular weight is 277 g/mol. The van der Waals surface area contributed by atoms with Crippen molar-refractivity contribution in [3.63, 3.8) is 0 Å². The van der Waals surface area contributed by atoms with Gasteiger partial charge in [0.1, 0.15) is 11.8 Å². The number of anilines is 1. The first-order chi connectivity index (χ1) is 9.56. The third-order valence-electron chi connectivity index (χ3n) is 3.22. The van der Waals surface area contributed by atoms with Crippen LogP contribution in [0.15, 0.2) is 24.3 Å². The second-order valence-electron chi connectivity index (χ2n) is 4.84. The van der Waals surface area contributed by atoms with Gasteiger partial charge in [0.2, 0.25) is 11.8 Å². The molecule has 6 heteroatoms. The Balaban J connectivity index is 1.72. The molecule has 1 aliphatic rings. The van der Waals surface area contributed by atoms with Gasteiger partial charge in [0.05, 0.1) is 13.0 Å². The molecule has 1 saturated heterocycles. The molecular weight excluding hydrogens is 258 g/mol. The van der Waals surface area contributed by atoms with Gasteiger partial charge >= 0.3 is 0 Å². The monoisotopic (exact) mass is 277 g/mol. The summed E-state index contributed by atoms with van der Waals surface area (Å²) in [6.45, 7) is 0.940. The minimum atomic E-state index is -0.389. The summed E-state index contributed by atoms with van der Waals surface area (Å²) < 4.78 is 5.43. The number of benzene rings is 1. The van der Waals surface area contributed by atoms with Gasteiger partial charge in [0, 0.05) is 25.3 Å². The Labute approximate surface area is 117 Å². The van der Waals surface area contributed by atoms with E-state index in [4.69, 9.17) is 10.5 Å². The first kappa shape index (κ1) is 14.2. The minimum absolute atomic E-state index is 0.0323. The lowest BCUT2D eigenvalue weighted by Crippen LogP contribution is -2.40. The molecule has 0 bridgehead atoms. The van der Waals surface area contributed by atoms with Gasteiger partial charge in [-0.3, -0.25) is 9.59 Å². The van der Waals surface area contributed by atoms with Gasteiger partial charge in [-0.05, 0) is 18.6 Å². The minimum Gasteiger partial charge on any atom is -0.493 e. The SMILES string of the molecule is CN1CCC(NC(=O)CCOc2cccc(N)c2)C1=O. The molecule has 6 nitrogen and oxygen atoms in total. The maximum absolute atomic E-state index is 11.7. The van der Waals surface area contributed by atoms with Crippen LogP contribution < -0.4 is 15.8 Å². The van der Waals surface area contributed by atoms with Gasteiger partial charge in [-0.15, -0.1) is 0 Å². The predicted molar refractivity (Wildman–Crippen MR) is 75.2 cm³/mol. The molecule has 0 saturated carbocycles. The number of ether oxygens (including phenoxy) is 1. The van der Waals surface area contributed by atoms with Crippen molar-refractivity contribution < 1.29 is 14.3 Å². The number of nitrogens with zero attached hydrogens (tertiary/aromatic N) is 1. The lowest BCUT2D eigenvalue weighted by molar-refractivity contribution is -0.132. The lowest BCUT2D eigenvalue weighted by atomic mass is 10.2. The number of amides is 2. The van der Waals surface area contributed by atoms with E-state index in [1.807, 2.05) is 0 Å². The molecule has 20 heavy (non-hydrogen) atoms. The van der Waals surface area contributed by atoms with E-state index in [-0.39, 0.29) is 30.9 Å². The largest absolute Gasteiger partial charge is 0.493 e. The number of likely N-dealkylation sites (N-methyl/N-ethyl adjacent to an activating group) is 1. The Hall–Kier alpha value is -2.24. The zero-order valence-corrected chi connectivity index (χ0v) is 11.5. The van der Waals surface area contributed by atoms with Crippen LogP contribution in [0.2, 0.25) is 0 Å². The van der Waals surface area contributed by atoms with Crippen LogP contribution in [0, 0.1) is 0 Å². The summed E-state index contributed by atoms with van der Waals surface area (Å²) in [6, 6.07) is 6.65. The Morgan fingerprint density at radius 1 is 1.55 bits per heavy atom. The van der Waals surface area contributed by atoms with Crippen LogP contribution in [0.3, 0.4) is 0 Å². The zero-order chi connectivity index (χ0) is 14.5. The molecule has 1 atom stereocenters. The molecule has 0 aliphatic carbocycles. The maximum atomic E-state index is 11.7. The second kappa shape index (κ2) is 6.27. The van der Waals surface area contributed by atoms with Crippen LogP contribution in [-0.4, -0.2) is 43.0 Å². The number of nitrogen functional groups attached to an aromatic ring is 1. The molecular formula is C14H19N3O3. The van der Waals surface area contributed by atoms with Crippen molar-refractivity contribution in [3.8, 4) is 5.75 Å². The van der Waals surface area contributed by atoms with Crippen molar-refractivity contribution in [1.82, 2.24) is 10.2 Å². The molecule has 1 aliphatic heterocycles. The van der Waals surface area contributed by atoms with Gasteiger partial charge in [-0.2, -0.15) is 0 Å². The fourth-order valence-electron chi connectivity index (χ4n) is 2.09. The highest BCUT2D eigenvalue weighted by Gasteiger charge is 2.29. The number of nitrogens with one attached hydrogen (secondary N) is 1. The second-order valence-corrected chi connectivity index (χ2v) is 4.84. The number of hydrogen-bond acceptors (Lipinski definition) is 4. The van der Waals surface area contributed by atoms with Crippen molar-refractivity contribution in [3.05, 3.63) is 24.3 Å². The number of carbonyl (C=O) groups is 2. The normalized spacial score (nSPS) is 18.1. The van der Waals surface area contributed by atoms with Gasteiger partial charge in [0.25, 0.3) is 0 Å². The quantitative estimate of drug-likeness (QED) is 0.762. The van der Waals surface area contributed by atoms with Crippen LogP contribution in [0.25, 0.3) is 0 Å². The number of rotatable bonds is 5. The Kier molecular flexibility index (Phi) is 4.45. The standard InChI is InChI=1S/C14H19N3O3/c1-17-7-5-12(14(17)19)16-13(18)6-8-20-11-4-2-3-10(15)9-11/h2-4,9,12H,5-8,15H2,1H3,(H,16,18). The van der Waals surface area contributed by atoms with E-state index in [2.05, 4.69) is 5.32 Å². The Morgan fingerprint density at radius 2 is 2.35 bits per heavy atom. The van der Waals surface area contributed by atoms with Crippen LogP contribution in [-0.2, 0) is 9.59 Å². The van der Waals surface area contributed by atoms with Crippen LogP contribution in [0.5, 0.6) is 5.75 Å². The predicted octanol–water partition coefficient (Wildman–Crippen LogP) is 0.385. The van der Waals surface area contributed by atoms with Crippen LogP contribution >= 0.6 is 0 Å². The van der Waals surface area contributed by atoms with Crippen molar-refractivity contribution in [2.75, 3.05) is 25.9 Å². The molecule has 1 aromatic carbocycles. The van der Waals surface area contributed by atoms with E-state index in [1.165, 1.54) is 0 Å². The maximum Gasteiger partial charge on any atom is 0.244 e. The molecule has 0 aromatic heterocycles. The molecule has 1 heterocycles. The van der Waals surface area contributed by atoms with Gasteiger partial charge in [0.15, 0.2) is 0 Å². The van der Waals surface area contributed by atoms with Gasteiger partial charge < -0.3 is 20.7 Å². The van der Waals surface area contributed by atoms with E-state index in [1.54, 1.807) is 36.2 Å². The summed E-state index contributed by atoms with van der Waals surface area (Å²) in [4.78, 5) is 25.0. The Morgan fingerprint density at radius 3 is 3.00 bits per heavy atom. The molecule has 3 N–H and O–H groups in total. The fourth-order valence-corrected chi connectivity index (χ4v) is 2.09. The smallest absolute Gasteiger partial charge is 0.244 e. The molecule has 0 radical (unpaired) electrons. The van der Waals surface area contributed by atoms with Crippen LogP contribution in [0.1, 0.15) is 12.8 Å². The number of carbonyl (C=O) groups excluding carboxylic acids is 2. The fraction of sp³-hybridized carbons (Fsp3) is 0.429. The molecule has 1 unspecified atom stereocenters. The van der Waals surface area contributed by atoms with Gasteiger partial charge in [-0.1, -0.05) is 6.07 Å². The molecule has 0 spiro atoms. The summed E-state index contributed by atoms with van der Waals surface area (Å²) in [5.41, 5.74) is 6.24.